The fourth-order valence-corrected chi connectivity index (χ4v) is 2.59. The van der Waals surface area contributed by atoms with E-state index in [1.54, 1.807) is 12.4 Å². The number of carbonyl (C=O) groups is 1. The van der Waals surface area contributed by atoms with E-state index in [-0.39, 0.29) is 5.91 Å². The topological polar surface area (TPSA) is 58.1 Å². The molecule has 3 rings (SSSR count). The summed E-state index contributed by atoms with van der Waals surface area (Å²) in [7, 11) is 0. The molecule has 0 radical (unpaired) electrons. The SMILES string of the molecule is O=C(c1cnc(NCc2ccccc2)nc1)N1CCCCC1. The van der Waals surface area contributed by atoms with Crippen LogP contribution in [0.4, 0.5) is 5.95 Å². The quantitative estimate of drug-likeness (QED) is 0.942. The van der Waals surface area contributed by atoms with Crippen molar-refractivity contribution in [3.05, 3.63) is 53.9 Å². The minimum atomic E-state index is 0.0364. The number of likely N-dealkylation sites (tertiary alicyclic amines) is 1. The van der Waals surface area contributed by atoms with Gasteiger partial charge in [0.1, 0.15) is 0 Å². The van der Waals surface area contributed by atoms with Crippen molar-refractivity contribution in [1.29, 1.82) is 0 Å². The number of nitrogens with one attached hydrogen (secondary N) is 1. The molecule has 1 aromatic heterocycles. The van der Waals surface area contributed by atoms with Crippen molar-refractivity contribution in [2.24, 2.45) is 0 Å². The molecular weight excluding hydrogens is 276 g/mol. The Morgan fingerprint density at radius 2 is 1.73 bits per heavy atom. The number of amides is 1. The Hall–Kier alpha value is -2.43. The zero-order valence-corrected chi connectivity index (χ0v) is 12.5. The second kappa shape index (κ2) is 7.02. The standard InChI is InChI=1S/C17H20N4O/c22-16(21-9-5-2-6-10-21)15-12-19-17(20-13-15)18-11-14-7-3-1-4-8-14/h1,3-4,7-8,12-13H,2,5-6,9-11H2,(H,18,19,20). The number of carbonyl (C=O) groups excluding carboxylic acids is 1. The van der Waals surface area contributed by atoms with Gasteiger partial charge in [-0.15, -0.1) is 0 Å². The van der Waals surface area contributed by atoms with Gasteiger partial charge in [0, 0.05) is 32.0 Å². The molecule has 0 spiro atoms. The first-order valence-electron chi connectivity index (χ1n) is 7.72. The number of anilines is 1. The normalized spacial score (nSPS) is 14.6. The maximum absolute atomic E-state index is 12.3. The molecule has 114 valence electrons. The van der Waals surface area contributed by atoms with Crippen LogP contribution in [-0.2, 0) is 6.54 Å². The van der Waals surface area contributed by atoms with Gasteiger partial charge in [-0.2, -0.15) is 0 Å². The third-order valence-corrected chi connectivity index (χ3v) is 3.84. The van der Waals surface area contributed by atoms with Crippen LogP contribution in [0.15, 0.2) is 42.7 Å². The molecular formula is C17H20N4O. The predicted molar refractivity (Wildman–Crippen MR) is 85.6 cm³/mol. The van der Waals surface area contributed by atoms with Crippen molar-refractivity contribution < 1.29 is 4.79 Å². The Kier molecular flexibility index (Phi) is 4.63. The van der Waals surface area contributed by atoms with Gasteiger partial charge in [-0.05, 0) is 24.8 Å². The summed E-state index contributed by atoms with van der Waals surface area (Å²) in [6.07, 6.45) is 6.60. The molecule has 0 atom stereocenters. The van der Waals surface area contributed by atoms with Crippen molar-refractivity contribution in [2.75, 3.05) is 18.4 Å². The maximum atomic E-state index is 12.3. The average molecular weight is 296 g/mol. The number of aromatic nitrogens is 2. The highest BCUT2D eigenvalue weighted by atomic mass is 16.2. The maximum Gasteiger partial charge on any atom is 0.256 e. The first-order valence-corrected chi connectivity index (χ1v) is 7.72. The molecule has 1 N–H and O–H groups in total. The van der Waals surface area contributed by atoms with Gasteiger partial charge >= 0.3 is 0 Å². The predicted octanol–water partition coefficient (Wildman–Crippen LogP) is 2.71. The molecule has 2 heterocycles. The van der Waals surface area contributed by atoms with Crippen LogP contribution in [-0.4, -0.2) is 33.9 Å². The van der Waals surface area contributed by atoms with Crippen LogP contribution in [0.1, 0.15) is 35.2 Å². The van der Waals surface area contributed by atoms with Gasteiger partial charge in [-0.3, -0.25) is 4.79 Å². The van der Waals surface area contributed by atoms with Crippen LogP contribution in [0.3, 0.4) is 0 Å². The smallest absolute Gasteiger partial charge is 0.256 e. The van der Waals surface area contributed by atoms with E-state index in [1.165, 1.54) is 12.0 Å². The molecule has 1 aliphatic heterocycles. The van der Waals surface area contributed by atoms with Crippen molar-refractivity contribution in [3.8, 4) is 0 Å². The number of rotatable bonds is 4. The average Bonchev–Trinajstić information content (AvgIpc) is 2.61. The van der Waals surface area contributed by atoms with Crippen molar-refractivity contribution in [1.82, 2.24) is 14.9 Å². The van der Waals surface area contributed by atoms with Crippen LogP contribution in [0.25, 0.3) is 0 Å². The second-order valence-electron chi connectivity index (χ2n) is 5.49. The van der Waals surface area contributed by atoms with Crippen LogP contribution in [0.2, 0.25) is 0 Å². The van der Waals surface area contributed by atoms with Gasteiger partial charge in [-0.1, -0.05) is 30.3 Å². The molecule has 5 heteroatoms. The largest absolute Gasteiger partial charge is 0.350 e. The summed E-state index contributed by atoms with van der Waals surface area (Å²) in [5, 5.41) is 3.16. The third-order valence-electron chi connectivity index (χ3n) is 3.84. The Labute approximate surface area is 130 Å². The summed E-state index contributed by atoms with van der Waals surface area (Å²) in [6.45, 7) is 2.35. The highest BCUT2D eigenvalue weighted by molar-refractivity contribution is 5.93. The lowest BCUT2D eigenvalue weighted by Gasteiger charge is -2.26. The molecule has 5 nitrogen and oxygen atoms in total. The van der Waals surface area contributed by atoms with Crippen LogP contribution >= 0.6 is 0 Å². The first-order chi connectivity index (χ1) is 10.8. The number of nitrogens with zero attached hydrogens (tertiary/aromatic N) is 3. The summed E-state index contributed by atoms with van der Waals surface area (Å²) in [4.78, 5) is 22.7. The highest BCUT2D eigenvalue weighted by Gasteiger charge is 2.18. The lowest BCUT2D eigenvalue weighted by molar-refractivity contribution is 0.0723. The number of benzene rings is 1. The molecule has 0 bridgehead atoms. The summed E-state index contributed by atoms with van der Waals surface area (Å²) in [6, 6.07) is 10.1. The van der Waals surface area contributed by atoms with Crippen molar-refractivity contribution in [3.63, 3.8) is 0 Å². The lowest BCUT2D eigenvalue weighted by atomic mass is 10.1. The Bertz CT molecular complexity index is 606. The van der Waals surface area contributed by atoms with Gasteiger partial charge in [-0.25, -0.2) is 9.97 Å². The first kappa shape index (κ1) is 14.5. The van der Waals surface area contributed by atoms with E-state index in [1.807, 2.05) is 35.2 Å². The number of hydrogen-bond donors (Lipinski definition) is 1. The summed E-state index contributed by atoms with van der Waals surface area (Å²) in [5.74, 6) is 0.577. The highest BCUT2D eigenvalue weighted by Crippen LogP contribution is 2.13. The van der Waals surface area contributed by atoms with Gasteiger partial charge in [0.25, 0.3) is 5.91 Å². The Balaban J connectivity index is 1.59. The van der Waals surface area contributed by atoms with Crippen molar-refractivity contribution in [2.45, 2.75) is 25.8 Å². The molecule has 1 amide bonds. The molecule has 1 aliphatic rings. The molecule has 0 aliphatic carbocycles. The zero-order chi connectivity index (χ0) is 15.2. The number of piperidine rings is 1. The fourth-order valence-electron chi connectivity index (χ4n) is 2.59. The molecule has 0 unspecified atom stereocenters. The van der Waals surface area contributed by atoms with Crippen molar-refractivity contribution >= 4 is 11.9 Å². The van der Waals surface area contributed by atoms with E-state index >= 15 is 0 Å². The molecule has 2 aromatic rings. The van der Waals surface area contributed by atoms with E-state index in [9.17, 15) is 4.79 Å². The second-order valence-corrected chi connectivity index (χ2v) is 5.49. The Morgan fingerprint density at radius 3 is 2.41 bits per heavy atom. The van der Waals surface area contributed by atoms with Gasteiger partial charge in [0.15, 0.2) is 0 Å². The molecule has 1 fully saturated rings. The van der Waals surface area contributed by atoms with E-state index < -0.39 is 0 Å². The minimum Gasteiger partial charge on any atom is -0.350 e. The minimum absolute atomic E-state index is 0.0364. The zero-order valence-electron chi connectivity index (χ0n) is 12.5. The van der Waals surface area contributed by atoms with E-state index in [2.05, 4.69) is 15.3 Å². The fraction of sp³-hybridized carbons (Fsp3) is 0.353. The molecule has 0 saturated carbocycles. The Morgan fingerprint density at radius 1 is 1.05 bits per heavy atom. The molecule has 1 aromatic carbocycles. The molecule has 1 saturated heterocycles. The van der Waals surface area contributed by atoms with Crippen LogP contribution in [0.5, 0.6) is 0 Å². The van der Waals surface area contributed by atoms with Gasteiger partial charge < -0.3 is 10.2 Å². The summed E-state index contributed by atoms with van der Waals surface area (Å²) < 4.78 is 0. The van der Waals surface area contributed by atoms with Crippen LogP contribution < -0.4 is 5.32 Å². The number of hydrogen-bond acceptors (Lipinski definition) is 4. The third kappa shape index (κ3) is 3.61. The van der Waals surface area contributed by atoms with E-state index in [0.717, 1.165) is 25.9 Å². The monoisotopic (exact) mass is 296 g/mol. The van der Waals surface area contributed by atoms with E-state index in [4.69, 9.17) is 0 Å². The van der Waals surface area contributed by atoms with Crippen LogP contribution in [0, 0.1) is 0 Å². The molecule has 22 heavy (non-hydrogen) atoms. The van der Waals surface area contributed by atoms with E-state index in [0.29, 0.717) is 18.1 Å². The summed E-state index contributed by atoms with van der Waals surface area (Å²) in [5.41, 5.74) is 1.73. The van der Waals surface area contributed by atoms with Gasteiger partial charge in [0.2, 0.25) is 5.95 Å². The van der Waals surface area contributed by atoms with Gasteiger partial charge in [0.05, 0.1) is 5.56 Å². The lowest BCUT2D eigenvalue weighted by Crippen LogP contribution is -2.35. The summed E-state index contributed by atoms with van der Waals surface area (Å²) >= 11 is 0.